The van der Waals surface area contributed by atoms with Crippen LogP contribution in [-0.2, 0) is 9.59 Å². The summed E-state index contributed by atoms with van der Waals surface area (Å²) in [5.74, 6) is 0.430. The average Bonchev–Trinajstić information content (AvgIpc) is 2.56. The highest BCUT2D eigenvalue weighted by Gasteiger charge is 2.51. The summed E-state index contributed by atoms with van der Waals surface area (Å²) in [6.45, 7) is 5.31. The quantitative estimate of drug-likeness (QED) is 0.434. The van der Waals surface area contributed by atoms with Crippen LogP contribution in [0.4, 0.5) is 0 Å². The van der Waals surface area contributed by atoms with Crippen LogP contribution in [0.2, 0.25) is 0 Å². The molecular formula is C16H24ClN4O2S+. The fourth-order valence-electron chi connectivity index (χ4n) is 3.33. The van der Waals surface area contributed by atoms with Crippen LogP contribution in [0.15, 0.2) is 23.4 Å². The van der Waals surface area contributed by atoms with Gasteiger partial charge in [-0.25, -0.2) is 0 Å². The zero-order valence-electron chi connectivity index (χ0n) is 14.1. The maximum absolute atomic E-state index is 12.0. The van der Waals surface area contributed by atoms with Crippen LogP contribution in [0.3, 0.4) is 0 Å². The van der Waals surface area contributed by atoms with Crippen LogP contribution >= 0.6 is 23.4 Å². The van der Waals surface area contributed by atoms with E-state index in [1.54, 1.807) is 11.8 Å². The second-order valence-electron chi connectivity index (χ2n) is 7.04. The molecule has 2 N–H and O–H groups in total. The van der Waals surface area contributed by atoms with E-state index in [1.807, 2.05) is 6.08 Å². The molecule has 0 spiro atoms. The van der Waals surface area contributed by atoms with Crippen LogP contribution < -0.4 is 5.73 Å². The molecule has 0 aromatic heterocycles. The minimum Gasteiger partial charge on any atom is -0.321 e. The monoisotopic (exact) mass is 371 g/mol. The topological polar surface area (TPSA) is 66.6 Å². The number of nitrogens with zero attached hydrogens (tertiary/aromatic N) is 3. The van der Waals surface area contributed by atoms with Crippen molar-refractivity contribution in [3.8, 4) is 0 Å². The smallest absolute Gasteiger partial charge is 0.269 e. The van der Waals surface area contributed by atoms with E-state index in [0.717, 1.165) is 42.8 Å². The molecule has 0 aliphatic carbocycles. The number of carbonyl (C=O) groups excluding carboxylic acids is 2. The normalized spacial score (nSPS) is 30.5. The number of halogens is 1. The van der Waals surface area contributed by atoms with E-state index in [2.05, 4.69) is 25.1 Å². The van der Waals surface area contributed by atoms with E-state index in [1.165, 1.54) is 4.90 Å². The van der Waals surface area contributed by atoms with E-state index in [4.69, 9.17) is 17.3 Å². The van der Waals surface area contributed by atoms with Crippen molar-refractivity contribution in [3.63, 3.8) is 0 Å². The standard InChI is InChI=1S/C16H24ClN4O2S/c1-19-5-8-21(2,9-6-19)7-3-4-11-10-24-16-12(18)15(23)20(16)13(11)14(17)22/h3-4,12,16H,5-10,18H2,1-2H3/q+1/b4-3+/t12-,16-/m1/s1. The van der Waals surface area contributed by atoms with Gasteiger partial charge in [0.25, 0.3) is 5.24 Å². The summed E-state index contributed by atoms with van der Waals surface area (Å²) in [6.07, 6.45) is 4.06. The van der Waals surface area contributed by atoms with Crippen LogP contribution in [-0.4, -0.2) is 89.4 Å². The van der Waals surface area contributed by atoms with Gasteiger partial charge in [-0.3, -0.25) is 19.4 Å². The zero-order chi connectivity index (χ0) is 17.5. The van der Waals surface area contributed by atoms with Gasteiger partial charge in [0.15, 0.2) is 0 Å². The Morgan fingerprint density at radius 1 is 1.46 bits per heavy atom. The molecule has 132 valence electrons. The Morgan fingerprint density at radius 2 is 2.12 bits per heavy atom. The minimum atomic E-state index is -0.583. The fourth-order valence-corrected chi connectivity index (χ4v) is 4.81. The summed E-state index contributed by atoms with van der Waals surface area (Å²) in [5.41, 5.74) is 6.92. The van der Waals surface area contributed by atoms with Crippen molar-refractivity contribution in [2.75, 3.05) is 52.6 Å². The number of allylic oxidation sites excluding steroid dienone is 2. The first-order chi connectivity index (χ1) is 11.3. The number of hydrogen-bond donors (Lipinski definition) is 1. The van der Waals surface area contributed by atoms with E-state index in [9.17, 15) is 9.59 Å². The molecule has 3 heterocycles. The number of carbonyl (C=O) groups is 2. The minimum absolute atomic E-state index is 0.158. The molecular weight excluding hydrogens is 348 g/mol. The molecule has 24 heavy (non-hydrogen) atoms. The van der Waals surface area contributed by atoms with Gasteiger partial charge in [0.1, 0.15) is 17.1 Å². The molecule has 0 radical (unpaired) electrons. The van der Waals surface area contributed by atoms with E-state index in [0.29, 0.717) is 11.4 Å². The number of hydrogen-bond acceptors (Lipinski definition) is 5. The van der Waals surface area contributed by atoms with Gasteiger partial charge in [-0.2, -0.15) is 0 Å². The predicted molar refractivity (Wildman–Crippen MR) is 96.4 cm³/mol. The Labute approximate surface area is 151 Å². The number of amides is 1. The van der Waals surface area contributed by atoms with Crippen molar-refractivity contribution < 1.29 is 14.1 Å². The average molecular weight is 372 g/mol. The highest BCUT2D eigenvalue weighted by Crippen LogP contribution is 2.40. The molecule has 2 atom stereocenters. The van der Waals surface area contributed by atoms with Crippen molar-refractivity contribution >= 4 is 34.5 Å². The number of thioether (sulfide) groups is 1. The molecule has 0 aromatic carbocycles. The number of β-lactam (4-membered cyclic amide) rings is 1. The maximum atomic E-state index is 12.0. The molecule has 0 aromatic rings. The van der Waals surface area contributed by atoms with Crippen LogP contribution in [0, 0.1) is 0 Å². The fraction of sp³-hybridized carbons (Fsp3) is 0.625. The third-order valence-corrected chi connectivity index (χ3v) is 6.64. The lowest BCUT2D eigenvalue weighted by molar-refractivity contribution is -0.908. The third kappa shape index (κ3) is 3.28. The molecule has 0 unspecified atom stereocenters. The van der Waals surface area contributed by atoms with Crippen LogP contribution in [0.5, 0.6) is 0 Å². The Bertz CT molecular complexity index is 613. The molecule has 1 amide bonds. The lowest BCUT2D eigenvalue weighted by atomic mass is 10.0. The lowest BCUT2D eigenvalue weighted by Gasteiger charge is -2.48. The lowest BCUT2D eigenvalue weighted by Crippen LogP contribution is -2.68. The van der Waals surface area contributed by atoms with Crippen molar-refractivity contribution in [2.45, 2.75) is 11.4 Å². The first kappa shape index (κ1) is 17.9. The van der Waals surface area contributed by atoms with Crippen molar-refractivity contribution in [1.82, 2.24) is 9.80 Å². The molecule has 3 rings (SSSR count). The van der Waals surface area contributed by atoms with Gasteiger partial charge in [0, 0.05) is 18.8 Å². The summed E-state index contributed by atoms with van der Waals surface area (Å²) in [7, 11) is 4.40. The van der Waals surface area contributed by atoms with Gasteiger partial charge in [-0.1, -0.05) is 6.08 Å². The molecule has 2 saturated heterocycles. The van der Waals surface area contributed by atoms with Crippen molar-refractivity contribution in [3.05, 3.63) is 23.4 Å². The summed E-state index contributed by atoms with van der Waals surface area (Å²) >= 11 is 7.33. The molecule has 2 fully saturated rings. The van der Waals surface area contributed by atoms with Gasteiger partial charge in [-0.15, -0.1) is 11.8 Å². The van der Waals surface area contributed by atoms with Gasteiger partial charge >= 0.3 is 0 Å². The Kier molecular flexibility index (Phi) is 5.09. The highest BCUT2D eigenvalue weighted by atomic mass is 35.5. The van der Waals surface area contributed by atoms with Crippen LogP contribution in [0.25, 0.3) is 0 Å². The van der Waals surface area contributed by atoms with Gasteiger partial charge in [0.05, 0.1) is 26.7 Å². The summed E-state index contributed by atoms with van der Waals surface area (Å²) < 4.78 is 0.988. The summed E-state index contributed by atoms with van der Waals surface area (Å²) in [4.78, 5) is 27.6. The van der Waals surface area contributed by atoms with E-state index >= 15 is 0 Å². The SMILES string of the molecule is CN1CC[N+](C)(C/C=C/C2=C(C(=O)Cl)N3C(=O)[C@@H](N)[C@H]3SC2)CC1. The third-order valence-electron chi connectivity index (χ3n) is 5.13. The first-order valence-electron chi connectivity index (χ1n) is 8.14. The molecule has 6 nitrogen and oxygen atoms in total. The second kappa shape index (κ2) is 6.80. The summed E-state index contributed by atoms with van der Waals surface area (Å²) in [6, 6.07) is -0.527. The zero-order valence-corrected chi connectivity index (χ0v) is 15.6. The van der Waals surface area contributed by atoms with Gasteiger partial charge in [-0.05, 0) is 30.3 Å². The molecule has 0 bridgehead atoms. The van der Waals surface area contributed by atoms with Gasteiger partial charge < -0.3 is 10.2 Å². The number of piperazine rings is 1. The molecule has 3 aliphatic rings. The molecule has 0 saturated carbocycles. The Morgan fingerprint density at radius 3 is 2.75 bits per heavy atom. The number of nitrogens with two attached hydrogens (primary N) is 1. The molecule has 3 aliphatic heterocycles. The van der Waals surface area contributed by atoms with E-state index < -0.39 is 11.3 Å². The number of likely N-dealkylation sites (N-methyl/N-ethyl adjacent to an activating group) is 2. The van der Waals surface area contributed by atoms with Gasteiger partial charge in [0.2, 0.25) is 5.91 Å². The Hall–Kier alpha value is -0.860. The predicted octanol–water partition coefficient (Wildman–Crippen LogP) is 0.197. The Balaban J connectivity index is 1.73. The number of quaternary nitrogens is 1. The van der Waals surface area contributed by atoms with Crippen molar-refractivity contribution in [2.24, 2.45) is 5.73 Å². The molecule has 8 heteroatoms. The van der Waals surface area contributed by atoms with Crippen LogP contribution in [0.1, 0.15) is 0 Å². The first-order valence-corrected chi connectivity index (χ1v) is 9.57. The second-order valence-corrected chi connectivity index (χ2v) is 8.49. The van der Waals surface area contributed by atoms with Crippen molar-refractivity contribution in [1.29, 1.82) is 0 Å². The number of rotatable bonds is 4. The summed E-state index contributed by atoms with van der Waals surface area (Å²) in [5, 5.41) is -0.741. The number of fused-ring (bicyclic) bond motifs is 1. The van der Waals surface area contributed by atoms with E-state index in [-0.39, 0.29) is 11.3 Å². The maximum Gasteiger partial charge on any atom is 0.269 e. The largest absolute Gasteiger partial charge is 0.321 e. The highest BCUT2D eigenvalue weighted by molar-refractivity contribution is 8.00.